The van der Waals surface area contributed by atoms with Gasteiger partial charge in [-0.1, -0.05) is 50.9 Å². The average molecular weight is 420 g/mol. The summed E-state index contributed by atoms with van der Waals surface area (Å²) in [5.74, 6) is -0.567. The van der Waals surface area contributed by atoms with Gasteiger partial charge in [0, 0.05) is 22.6 Å². The highest BCUT2D eigenvalue weighted by molar-refractivity contribution is 5.86. The molecule has 0 fully saturated rings. The van der Waals surface area contributed by atoms with Crippen LogP contribution in [0.1, 0.15) is 37.9 Å². The highest BCUT2D eigenvalue weighted by Crippen LogP contribution is 2.30. The van der Waals surface area contributed by atoms with Crippen LogP contribution in [0, 0.1) is 0 Å². The molecule has 0 saturated carbocycles. The number of fused-ring (bicyclic) bond motifs is 1. The van der Waals surface area contributed by atoms with Crippen molar-refractivity contribution in [3.63, 3.8) is 0 Å². The number of carboxylic acids is 1. The van der Waals surface area contributed by atoms with Gasteiger partial charge in [0.25, 0.3) is 0 Å². The Morgan fingerprint density at radius 2 is 1.94 bits per heavy atom. The number of ether oxygens (including phenoxy) is 1. The van der Waals surface area contributed by atoms with Gasteiger partial charge in [-0.15, -0.1) is 0 Å². The number of carbonyl (C=O) groups is 1. The largest absolute Gasteiger partial charge is 0.488 e. The van der Waals surface area contributed by atoms with Crippen LogP contribution in [0.2, 0.25) is 0 Å². The van der Waals surface area contributed by atoms with Gasteiger partial charge in [-0.2, -0.15) is 0 Å². The molecular weight excluding hydrogens is 390 g/mol. The minimum atomic E-state index is -0.958. The summed E-state index contributed by atoms with van der Waals surface area (Å²) in [6.07, 6.45) is 4.44. The fraction of sp³-hybridized carbons (Fsp3) is 0.192. The first kappa shape index (κ1) is 23.7. The first-order chi connectivity index (χ1) is 14.4. The van der Waals surface area contributed by atoms with Gasteiger partial charge >= 0.3 is 5.97 Å². The van der Waals surface area contributed by atoms with E-state index in [0.717, 1.165) is 33.2 Å². The average Bonchev–Trinajstić information content (AvgIpc) is 3.15. The van der Waals surface area contributed by atoms with E-state index >= 15 is 0 Å². The van der Waals surface area contributed by atoms with Gasteiger partial charge in [0.05, 0.1) is 12.7 Å². The monoisotopic (exact) mass is 419 g/mol. The number of hydrogen-bond donors (Lipinski definition) is 2. The standard InChI is InChI=1S/C25H25NO4.CH4/c1-4-17(13-25(27)28)23(5-2)29-14-21-15-30-24-10-9-20(12-22(21)24)19-8-6-7-18(11-19)16(3)26;/h4-12,15-16H,1-2,13-14,26H2,3H3,(H,27,28);1H4/b23-17-;. The Morgan fingerprint density at radius 3 is 2.58 bits per heavy atom. The molecule has 0 aliphatic rings. The summed E-state index contributed by atoms with van der Waals surface area (Å²) in [7, 11) is 0. The Kier molecular flexibility index (Phi) is 8.00. The summed E-state index contributed by atoms with van der Waals surface area (Å²) in [5.41, 5.74) is 11.3. The van der Waals surface area contributed by atoms with Gasteiger partial charge < -0.3 is 20.0 Å². The molecule has 1 aromatic heterocycles. The van der Waals surface area contributed by atoms with Crippen LogP contribution in [0.3, 0.4) is 0 Å². The van der Waals surface area contributed by atoms with E-state index in [0.29, 0.717) is 11.3 Å². The van der Waals surface area contributed by atoms with E-state index in [4.69, 9.17) is 20.0 Å². The quantitative estimate of drug-likeness (QED) is 0.311. The second kappa shape index (κ2) is 10.5. The lowest BCUT2D eigenvalue weighted by Gasteiger charge is -2.10. The van der Waals surface area contributed by atoms with Gasteiger partial charge in [0.15, 0.2) is 0 Å². The van der Waals surface area contributed by atoms with E-state index < -0.39 is 5.97 Å². The van der Waals surface area contributed by atoms with Crippen molar-refractivity contribution in [2.24, 2.45) is 5.73 Å². The molecule has 5 heteroatoms. The maximum absolute atomic E-state index is 11.0. The van der Waals surface area contributed by atoms with Gasteiger partial charge in [0.2, 0.25) is 0 Å². The Hall–Kier alpha value is -3.57. The highest BCUT2D eigenvalue weighted by Gasteiger charge is 2.12. The summed E-state index contributed by atoms with van der Waals surface area (Å²) in [5, 5.41) is 9.98. The molecule has 0 radical (unpaired) electrons. The molecule has 5 nitrogen and oxygen atoms in total. The number of carboxylic acid groups (broad SMARTS) is 1. The maximum atomic E-state index is 11.0. The highest BCUT2D eigenvalue weighted by atomic mass is 16.5. The minimum Gasteiger partial charge on any atom is -0.488 e. The lowest BCUT2D eigenvalue weighted by molar-refractivity contribution is -0.136. The molecule has 3 rings (SSSR count). The van der Waals surface area contributed by atoms with E-state index in [1.165, 1.54) is 12.2 Å². The second-order valence-electron chi connectivity index (χ2n) is 7.04. The normalized spacial score (nSPS) is 12.5. The van der Waals surface area contributed by atoms with Crippen molar-refractivity contribution in [2.75, 3.05) is 0 Å². The molecule has 162 valence electrons. The van der Waals surface area contributed by atoms with Gasteiger partial charge in [-0.05, 0) is 47.9 Å². The Morgan fingerprint density at radius 1 is 1.19 bits per heavy atom. The molecule has 0 aliphatic heterocycles. The molecular formula is C26H29NO4. The fourth-order valence-electron chi connectivity index (χ4n) is 3.24. The SMILES string of the molecule is C.C=C/C(CC(=O)O)=C(\C=C)OCc1coc2ccc(-c3cccc(C(C)N)c3)cc12. The summed E-state index contributed by atoms with van der Waals surface area (Å²) < 4.78 is 11.5. The smallest absolute Gasteiger partial charge is 0.307 e. The number of hydrogen-bond acceptors (Lipinski definition) is 4. The summed E-state index contributed by atoms with van der Waals surface area (Å²) in [6.45, 7) is 9.56. The number of aliphatic carboxylic acids is 1. The van der Waals surface area contributed by atoms with Crippen LogP contribution in [0.25, 0.3) is 22.1 Å². The van der Waals surface area contributed by atoms with Crippen molar-refractivity contribution < 1.29 is 19.1 Å². The number of benzene rings is 2. The molecule has 31 heavy (non-hydrogen) atoms. The maximum Gasteiger partial charge on any atom is 0.307 e. The van der Waals surface area contributed by atoms with Crippen LogP contribution in [0.5, 0.6) is 0 Å². The van der Waals surface area contributed by atoms with Crippen molar-refractivity contribution in [1.29, 1.82) is 0 Å². The first-order valence-corrected chi connectivity index (χ1v) is 9.61. The number of furan rings is 1. The molecule has 0 spiro atoms. The van der Waals surface area contributed by atoms with Gasteiger partial charge in [-0.3, -0.25) is 4.79 Å². The third-order valence-corrected chi connectivity index (χ3v) is 4.87. The first-order valence-electron chi connectivity index (χ1n) is 9.61. The molecule has 3 aromatic rings. The topological polar surface area (TPSA) is 85.7 Å². The van der Waals surface area contributed by atoms with Gasteiger partial charge in [0.1, 0.15) is 17.9 Å². The third kappa shape index (κ3) is 5.53. The summed E-state index contributed by atoms with van der Waals surface area (Å²) in [4.78, 5) is 11.0. The lowest BCUT2D eigenvalue weighted by atomic mass is 9.99. The predicted molar refractivity (Wildman–Crippen MR) is 125 cm³/mol. The van der Waals surface area contributed by atoms with E-state index in [1.807, 2.05) is 37.3 Å². The zero-order valence-electron chi connectivity index (χ0n) is 16.9. The van der Waals surface area contributed by atoms with Crippen molar-refractivity contribution in [3.8, 4) is 11.1 Å². The molecule has 0 saturated heterocycles. The number of rotatable bonds is 9. The summed E-state index contributed by atoms with van der Waals surface area (Å²) >= 11 is 0. The van der Waals surface area contributed by atoms with Crippen molar-refractivity contribution in [3.05, 3.63) is 96.5 Å². The zero-order chi connectivity index (χ0) is 21.7. The number of nitrogens with two attached hydrogens (primary N) is 1. The summed E-state index contributed by atoms with van der Waals surface area (Å²) in [6, 6.07) is 14.1. The second-order valence-corrected chi connectivity index (χ2v) is 7.04. The molecule has 1 heterocycles. The van der Waals surface area contributed by atoms with Crippen molar-refractivity contribution >= 4 is 16.9 Å². The van der Waals surface area contributed by atoms with Crippen LogP contribution in [-0.2, 0) is 16.1 Å². The minimum absolute atomic E-state index is 0. The van der Waals surface area contributed by atoms with Crippen molar-refractivity contribution in [1.82, 2.24) is 0 Å². The molecule has 1 unspecified atom stereocenters. The molecule has 3 N–H and O–H groups in total. The Labute approximate surface area is 183 Å². The fourth-order valence-corrected chi connectivity index (χ4v) is 3.24. The molecule has 0 bridgehead atoms. The van der Waals surface area contributed by atoms with Crippen LogP contribution in [0.4, 0.5) is 0 Å². The molecule has 2 aromatic carbocycles. The number of allylic oxidation sites excluding steroid dienone is 2. The third-order valence-electron chi connectivity index (χ3n) is 4.87. The van der Waals surface area contributed by atoms with Crippen molar-refractivity contribution in [2.45, 2.75) is 33.4 Å². The predicted octanol–water partition coefficient (Wildman–Crippen LogP) is 6.37. The Balaban J connectivity index is 0.00000341. The van der Waals surface area contributed by atoms with Gasteiger partial charge in [-0.25, -0.2) is 0 Å². The zero-order valence-corrected chi connectivity index (χ0v) is 16.9. The van der Waals surface area contributed by atoms with E-state index in [1.54, 1.807) is 6.26 Å². The molecule has 1 atom stereocenters. The lowest BCUT2D eigenvalue weighted by Crippen LogP contribution is -2.04. The van der Waals surface area contributed by atoms with Crippen LogP contribution in [0.15, 0.2) is 89.8 Å². The van der Waals surface area contributed by atoms with Crippen LogP contribution >= 0.6 is 0 Å². The van der Waals surface area contributed by atoms with E-state index in [-0.39, 0.29) is 26.5 Å². The van der Waals surface area contributed by atoms with E-state index in [9.17, 15) is 4.79 Å². The Bertz CT molecular complexity index is 1120. The van der Waals surface area contributed by atoms with Crippen LogP contribution in [-0.4, -0.2) is 11.1 Å². The molecule has 0 aliphatic carbocycles. The van der Waals surface area contributed by atoms with E-state index in [2.05, 4.69) is 25.3 Å². The molecule has 0 amide bonds. The van der Waals surface area contributed by atoms with Crippen LogP contribution < -0.4 is 5.73 Å².